The summed E-state index contributed by atoms with van der Waals surface area (Å²) in [7, 11) is 0. The summed E-state index contributed by atoms with van der Waals surface area (Å²) in [5.41, 5.74) is 0.616. The molecule has 194 valence electrons. The molecular formula is C26H46N4O4. The second-order valence-electron chi connectivity index (χ2n) is 9.22. The van der Waals surface area contributed by atoms with Gasteiger partial charge in [0.1, 0.15) is 6.04 Å². The van der Waals surface area contributed by atoms with E-state index in [1.54, 1.807) is 0 Å². The molecule has 0 aliphatic rings. The maximum absolute atomic E-state index is 12.0. The van der Waals surface area contributed by atoms with Crippen molar-refractivity contribution in [2.45, 2.75) is 122 Å². The molecular weight excluding hydrogens is 432 g/mol. The van der Waals surface area contributed by atoms with Crippen molar-refractivity contribution in [1.29, 1.82) is 0 Å². The Morgan fingerprint density at radius 1 is 0.853 bits per heavy atom. The molecule has 0 saturated carbocycles. The Balaban J connectivity index is 1.93. The standard InChI is InChI=1S/C26H46N4O4/c1-2-3-4-5-6-7-8-9-10-11-12-13-14-15-16-17-24(31)28-20-25(32)30-23(26(33)34)18-22-19-27-21-29-22/h19,21,23H,2-18,20H2,1H3,(H,27,29)(H,28,31)(H,30,32)(H,33,34)/t23-/m0/s1. The van der Waals surface area contributed by atoms with Crippen LogP contribution in [0, 0.1) is 0 Å². The van der Waals surface area contributed by atoms with E-state index in [-0.39, 0.29) is 18.9 Å². The lowest BCUT2D eigenvalue weighted by Gasteiger charge is -2.14. The molecule has 4 N–H and O–H groups in total. The number of aromatic nitrogens is 2. The molecule has 0 aliphatic carbocycles. The highest BCUT2D eigenvalue weighted by atomic mass is 16.4. The third kappa shape index (κ3) is 16.3. The van der Waals surface area contributed by atoms with E-state index in [1.165, 1.54) is 89.6 Å². The van der Waals surface area contributed by atoms with Crippen molar-refractivity contribution < 1.29 is 19.5 Å². The summed E-state index contributed by atoms with van der Waals surface area (Å²) < 4.78 is 0. The number of carbonyl (C=O) groups is 3. The monoisotopic (exact) mass is 478 g/mol. The summed E-state index contributed by atoms with van der Waals surface area (Å²) in [6.07, 6.45) is 22.6. The maximum atomic E-state index is 12.0. The lowest BCUT2D eigenvalue weighted by molar-refractivity contribution is -0.141. The van der Waals surface area contributed by atoms with Gasteiger partial charge in [-0.15, -0.1) is 0 Å². The molecule has 2 amide bonds. The highest BCUT2D eigenvalue weighted by Crippen LogP contribution is 2.13. The summed E-state index contributed by atoms with van der Waals surface area (Å²) in [5, 5.41) is 14.3. The van der Waals surface area contributed by atoms with Gasteiger partial charge in [-0.3, -0.25) is 9.59 Å². The molecule has 0 aromatic carbocycles. The largest absolute Gasteiger partial charge is 0.480 e. The molecule has 1 rings (SSSR count). The van der Waals surface area contributed by atoms with E-state index in [4.69, 9.17) is 0 Å². The maximum Gasteiger partial charge on any atom is 0.326 e. The number of rotatable bonds is 22. The number of carboxylic acid groups (broad SMARTS) is 1. The van der Waals surface area contributed by atoms with Gasteiger partial charge in [0.05, 0.1) is 12.9 Å². The lowest BCUT2D eigenvalue weighted by Crippen LogP contribution is -2.46. The predicted octanol–water partition coefficient (Wildman–Crippen LogP) is 4.90. The Kier molecular flexibility index (Phi) is 17.5. The number of nitrogens with zero attached hydrogens (tertiary/aromatic N) is 1. The van der Waals surface area contributed by atoms with Crippen LogP contribution in [-0.4, -0.2) is 45.4 Å². The van der Waals surface area contributed by atoms with Gasteiger partial charge in [-0.05, 0) is 6.42 Å². The summed E-state index contributed by atoms with van der Waals surface area (Å²) in [5.74, 6) is -1.82. The number of carbonyl (C=O) groups excluding carboxylic acids is 2. The van der Waals surface area contributed by atoms with Crippen molar-refractivity contribution in [3.05, 3.63) is 18.2 Å². The summed E-state index contributed by atoms with van der Waals surface area (Å²) in [6.45, 7) is 2.04. The zero-order chi connectivity index (χ0) is 24.9. The van der Waals surface area contributed by atoms with Crippen molar-refractivity contribution in [2.75, 3.05) is 6.54 Å². The zero-order valence-corrected chi connectivity index (χ0v) is 21.1. The number of unbranched alkanes of at least 4 members (excludes halogenated alkanes) is 14. The lowest BCUT2D eigenvalue weighted by atomic mass is 10.0. The molecule has 8 nitrogen and oxygen atoms in total. The fourth-order valence-corrected chi connectivity index (χ4v) is 3.99. The van der Waals surface area contributed by atoms with Crippen molar-refractivity contribution >= 4 is 17.8 Å². The van der Waals surface area contributed by atoms with Crippen molar-refractivity contribution in [3.63, 3.8) is 0 Å². The van der Waals surface area contributed by atoms with E-state index < -0.39 is 17.9 Å². The number of amides is 2. The third-order valence-electron chi connectivity index (χ3n) is 6.07. The number of nitrogens with one attached hydrogen (secondary N) is 3. The molecule has 34 heavy (non-hydrogen) atoms. The minimum atomic E-state index is -1.13. The number of H-pyrrole nitrogens is 1. The Morgan fingerprint density at radius 3 is 1.85 bits per heavy atom. The van der Waals surface area contributed by atoms with Gasteiger partial charge in [0, 0.05) is 24.7 Å². The molecule has 1 aromatic heterocycles. The number of aromatic amines is 1. The summed E-state index contributed by atoms with van der Waals surface area (Å²) in [6, 6.07) is -1.07. The molecule has 0 radical (unpaired) electrons. The predicted molar refractivity (Wildman–Crippen MR) is 134 cm³/mol. The molecule has 0 saturated heterocycles. The Bertz CT molecular complexity index is 664. The zero-order valence-electron chi connectivity index (χ0n) is 21.1. The van der Waals surface area contributed by atoms with Crippen LogP contribution < -0.4 is 10.6 Å². The van der Waals surface area contributed by atoms with Crippen LogP contribution >= 0.6 is 0 Å². The summed E-state index contributed by atoms with van der Waals surface area (Å²) in [4.78, 5) is 41.9. The second-order valence-corrected chi connectivity index (χ2v) is 9.22. The first-order valence-electron chi connectivity index (χ1n) is 13.3. The molecule has 0 fully saturated rings. The Morgan fingerprint density at radius 2 is 1.38 bits per heavy atom. The number of hydrogen-bond donors (Lipinski definition) is 4. The molecule has 1 aromatic rings. The van der Waals surface area contributed by atoms with E-state index in [1.807, 2.05) is 0 Å². The van der Waals surface area contributed by atoms with E-state index in [9.17, 15) is 19.5 Å². The minimum absolute atomic E-state index is 0.105. The Labute approximate surface area is 205 Å². The van der Waals surface area contributed by atoms with Gasteiger partial charge in [-0.25, -0.2) is 9.78 Å². The first kappa shape index (κ1) is 29.7. The number of hydrogen-bond acceptors (Lipinski definition) is 4. The topological polar surface area (TPSA) is 124 Å². The van der Waals surface area contributed by atoms with Crippen LogP contribution in [0.3, 0.4) is 0 Å². The van der Waals surface area contributed by atoms with E-state index in [0.717, 1.165) is 19.3 Å². The van der Waals surface area contributed by atoms with Crippen LogP contribution in [0.1, 0.15) is 115 Å². The number of imidazole rings is 1. The number of aliphatic carboxylic acids is 1. The van der Waals surface area contributed by atoms with Gasteiger partial charge < -0.3 is 20.7 Å². The Hall–Kier alpha value is -2.38. The quantitative estimate of drug-likeness (QED) is 0.176. The number of carboxylic acids is 1. The van der Waals surface area contributed by atoms with Crippen LogP contribution in [0.25, 0.3) is 0 Å². The average molecular weight is 479 g/mol. The van der Waals surface area contributed by atoms with Gasteiger partial charge >= 0.3 is 5.97 Å². The fraction of sp³-hybridized carbons (Fsp3) is 0.769. The van der Waals surface area contributed by atoms with E-state index in [2.05, 4.69) is 27.5 Å². The normalized spacial score (nSPS) is 11.8. The minimum Gasteiger partial charge on any atom is -0.480 e. The van der Waals surface area contributed by atoms with Gasteiger partial charge in [0.25, 0.3) is 0 Å². The third-order valence-corrected chi connectivity index (χ3v) is 6.07. The van der Waals surface area contributed by atoms with E-state index >= 15 is 0 Å². The molecule has 0 spiro atoms. The van der Waals surface area contributed by atoms with Crippen LogP contribution in [0.15, 0.2) is 12.5 Å². The molecule has 0 unspecified atom stereocenters. The van der Waals surface area contributed by atoms with Crippen molar-refractivity contribution in [2.24, 2.45) is 0 Å². The first-order chi connectivity index (χ1) is 16.5. The van der Waals surface area contributed by atoms with Crippen LogP contribution in [0.5, 0.6) is 0 Å². The smallest absolute Gasteiger partial charge is 0.326 e. The van der Waals surface area contributed by atoms with Gasteiger partial charge in [0.2, 0.25) is 11.8 Å². The first-order valence-corrected chi connectivity index (χ1v) is 13.3. The fourth-order valence-electron chi connectivity index (χ4n) is 3.99. The highest BCUT2D eigenvalue weighted by Gasteiger charge is 2.21. The molecule has 0 bridgehead atoms. The molecule has 1 heterocycles. The highest BCUT2D eigenvalue weighted by molar-refractivity contribution is 5.87. The van der Waals surface area contributed by atoms with Crippen molar-refractivity contribution in [3.8, 4) is 0 Å². The van der Waals surface area contributed by atoms with Gasteiger partial charge in [0.15, 0.2) is 0 Å². The van der Waals surface area contributed by atoms with Crippen LogP contribution in [0.4, 0.5) is 0 Å². The van der Waals surface area contributed by atoms with E-state index in [0.29, 0.717) is 12.1 Å². The second kappa shape index (κ2) is 20.0. The van der Waals surface area contributed by atoms with Crippen molar-refractivity contribution in [1.82, 2.24) is 20.6 Å². The SMILES string of the molecule is CCCCCCCCCCCCCCCCCC(=O)NCC(=O)N[C@@H](Cc1cnc[nH]1)C(=O)O. The molecule has 0 aliphatic heterocycles. The van der Waals surface area contributed by atoms with Gasteiger partial charge in [-0.2, -0.15) is 0 Å². The van der Waals surface area contributed by atoms with Gasteiger partial charge in [-0.1, -0.05) is 96.8 Å². The van der Waals surface area contributed by atoms with Crippen LogP contribution in [-0.2, 0) is 20.8 Å². The molecule has 1 atom stereocenters. The summed E-state index contributed by atoms with van der Waals surface area (Å²) >= 11 is 0. The average Bonchev–Trinajstić information content (AvgIpc) is 3.33. The van der Waals surface area contributed by atoms with Crippen LogP contribution in [0.2, 0.25) is 0 Å². The molecule has 8 heteroatoms.